The summed E-state index contributed by atoms with van der Waals surface area (Å²) in [6.07, 6.45) is 0. The zero-order valence-electron chi connectivity index (χ0n) is 7.70. The summed E-state index contributed by atoms with van der Waals surface area (Å²) in [5.74, 6) is 0. The van der Waals surface area contributed by atoms with Gasteiger partial charge in [0, 0.05) is 16.0 Å². The summed E-state index contributed by atoms with van der Waals surface area (Å²) in [6, 6.07) is 6.07. The number of hydrogen-bond acceptors (Lipinski definition) is 2. The summed E-state index contributed by atoms with van der Waals surface area (Å²) in [5.41, 5.74) is 0. The molecule has 0 unspecified atom stereocenters. The molecule has 0 aliphatic carbocycles. The second-order valence-electron chi connectivity index (χ2n) is 2.80. The topological polar surface area (TPSA) is 46.2 Å². The monoisotopic (exact) mass is 309 g/mol. The first-order valence-corrected chi connectivity index (χ1v) is 6.66. The van der Waals surface area contributed by atoms with Crippen LogP contribution in [0.15, 0.2) is 40.2 Å². The molecule has 15 heavy (non-hydrogen) atoms. The summed E-state index contributed by atoms with van der Waals surface area (Å²) in [4.78, 5) is 0.142. The van der Waals surface area contributed by atoms with E-state index in [0.29, 0.717) is 9.51 Å². The largest absolute Gasteiger partial charge is 0.240 e. The first-order chi connectivity index (χ1) is 6.92. The molecule has 3 nitrogen and oxygen atoms in total. The van der Waals surface area contributed by atoms with Gasteiger partial charge in [-0.3, -0.25) is 0 Å². The maximum absolute atomic E-state index is 11.7. The Morgan fingerprint density at radius 2 is 2.20 bits per heavy atom. The van der Waals surface area contributed by atoms with Gasteiger partial charge in [0.15, 0.2) is 0 Å². The Balaban J connectivity index is 2.91. The third-order valence-corrected chi connectivity index (χ3v) is 3.47. The molecule has 1 aromatic rings. The average Bonchev–Trinajstić information content (AvgIpc) is 2.15. The van der Waals surface area contributed by atoms with Gasteiger partial charge < -0.3 is 0 Å². The van der Waals surface area contributed by atoms with E-state index >= 15 is 0 Å². The number of benzene rings is 1. The normalized spacial score (nSPS) is 11.3. The third kappa shape index (κ3) is 3.95. The molecular formula is C9H9BrClNO2S. The minimum absolute atomic E-state index is 0.142. The maximum Gasteiger partial charge on any atom is 0.240 e. The highest BCUT2D eigenvalue weighted by atomic mass is 79.9. The molecule has 0 spiro atoms. The van der Waals surface area contributed by atoms with Gasteiger partial charge in [-0.25, -0.2) is 13.1 Å². The molecule has 0 heterocycles. The Hall–Kier alpha value is -0.360. The number of nitrogens with one attached hydrogen (secondary N) is 1. The molecule has 0 bridgehead atoms. The Bertz CT molecular complexity index is 473. The summed E-state index contributed by atoms with van der Waals surface area (Å²) in [5, 5.41) is 0.385. The highest BCUT2D eigenvalue weighted by Crippen LogP contribution is 2.15. The molecule has 0 radical (unpaired) electrons. The van der Waals surface area contributed by atoms with E-state index in [9.17, 15) is 8.42 Å². The van der Waals surface area contributed by atoms with Crippen molar-refractivity contribution in [1.82, 2.24) is 4.72 Å². The van der Waals surface area contributed by atoms with E-state index in [-0.39, 0.29) is 11.4 Å². The first-order valence-electron chi connectivity index (χ1n) is 4.00. The molecule has 82 valence electrons. The zero-order valence-corrected chi connectivity index (χ0v) is 10.9. The predicted molar refractivity (Wildman–Crippen MR) is 64.7 cm³/mol. The maximum atomic E-state index is 11.7. The minimum atomic E-state index is -3.50. The van der Waals surface area contributed by atoms with Crippen LogP contribution >= 0.6 is 27.5 Å². The molecule has 0 saturated carbocycles. The lowest BCUT2D eigenvalue weighted by Crippen LogP contribution is -2.24. The van der Waals surface area contributed by atoms with Crippen molar-refractivity contribution in [3.05, 3.63) is 40.3 Å². The molecule has 0 fully saturated rings. The van der Waals surface area contributed by atoms with Crippen molar-refractivity contribution >= 4 is 37.6 Å². The highest BCUT2D eigenvalue weighted by molar-refractivity contribution is 9.11. The molecule has 6 heteroatoms. The molecular weight excluding hydrogens is 302 g/mol. The summed E-state index contributed by atoms with van der Waals surface area (Å²) >= 11 is 8.76. The van der Waals surface area contributed by atoms with Crippen LogP contribution in [-0.4, -0.2) is 15.0 Å². The molecule has 1 rings (SSSR count). The molecule has 0 aliphatic rings. The van der Waals surface area contributed by atoms with Crippen LogP contribution in [0.3, 0.4) is 0 Å². The van der Waals surface area contributed by atoms with E-state index in [4.69, 9.17) is 11.6 Å². The Morgan fingerprint density at radius 1 is 1.53 bits per heavy atom. The van der Waals surface area contributed by atoms with Crippen molar-refractivity contribution in [3.63, 3.8) is 0 Å². The van der Waals surface area contributed by atoms with Gasteiger partial charge in [0.05, 0.1) is 4.90 Å². The molecule has 0 amide bonds. The summed E-state index contributed by atoms with van der Waals surface area (Å²) < 4.78 is 26.2. The molecule has 0 atom stereocenters. The lowest BCUT2D eigenvalue weighted by atomic mass is 10.4. The van der Waals surface area contributed by atoms with Gasteiger partial charge in [0.2, 0.25) is 10.0 Å². The van der Waals surface area contributed by atoms with Crippen LogP contribution in [0.2, 0.25) is 5.02 Å². The van der Waals surface area contributed by atoms with Crippen molar-refractivity contribution in [1.29, 1.82) is 0 Å². The number of halogens is 2. The van der Waals surface area contributed by atoms with Gasteiger partial charge in [-0.15, -0.1) is 0 Å². The van der Waals surface area contributed by atoms with Crippen molar-refractivity contribution < 1.29 is 8.42 Å². The Morgan fingerprint density at radius 3 is 2.73 bits per heavy atom. The smallest absolute Gasteiger partial charge is 0.207 e. The van der Waals surface area contributed by atoms with Gasteiger partial charge in [-0.05, 0) is 18.2 Å². The predicted octanol–water partition coefficient (Wildman–Crippen LogP) is 2.53. The van der Waals surface area contributed by atoms with Crippen molar-refractivity contribution in [3.8, 4) is 0 Å². The van der Waals surface area contributed by atoms with Gasteiger partial charge in [0.25, 0.3) is 0 Å². The van der Waals surface area contributed by atoms with E-state index in [1.165, 1.54) is 12.1 Å². The van der Waals surface area contributed by atoms with Crippen molar-refractivity contribution in [2.24, 2.45) is 0 Å². The fourth-order valence-corrected chi connectivity index (χ4v) is 2.54. The van der Waals surface area contributed by atoms with E-state index in [2.05, 4.69) is 27.2 Å². The Labute approximate surface area is 102 Å². The van der Waals surface area contributed by atoms with Crippen LogP contribution in [0.1, 0.15) is 0 Å². The third-order valence-electron chi connectivity index (χ3n) is 1.56. The summed E-state index contributed by atoms with van der Waals surface area (Å²) in [7, 11) is -3.50. The summed E-state index contributed by atoms with van der Waals surface area (Å²) in [6.45, 7) is 3.68. The standard InChI is InChI=1S/C9H9BrClNO2S/c1-7(10)6-12-15(13,14)9-4-2-3-8(11)5-9/h2-5,12H,1,6H2. The molecule has 0 saturated heterocycles. The van der Waals surface area contributed by atoms with Crippen LogP contribution in [0.4, 0.5) is 0 Å². The van der Waals surface area contributed by atoms with Gasteiger partial charge in [-0.2, -0.15) is 0 Å². The van der Waals surface area contributed by atoms with Gasteiger partial charge >= 0.3 is 0 Å². The van der Waals surface area contributed by atoms with E-state index in [0.717, 1.165) is 0 Å². The fraction of sp³-hybridized carbons (Fsp3) is 0.111. The fourth-order valence-electron chi connectivity index (χ4n) is 0.891. The van der Waals surface area contributed by atoms with Crippen LogP contribution in [0.5, 0.6) is 0 Å². The molecule has 0 aliphatic heterocycles. The second kappa shape index (κ2) is 5.12. The van der Waals surface area contributed by atoms with E-state index in [1.807, 2.05) is 0 Å². The second-order valence-corrected chi connectivity index (χ2v) is 6.12. The zero-order chi connectivity index (χ0) is 11.5. The SMILES string of the molecule is C=C(Br)CNS(=O)(=O)c1cccc(Cl)c1. The lowest BCUT2D eigenvalue weighted by Gasteiger charge is -2.05. The van der Waals surface area contributed by atoms with E-state index in [1.54, 1.807) is 12.1 Å². The minimum Gasteiger partial charge on any atom is -0.207 e. The van der Waals surface area contributed by atoms with Crippen molar-refractivity contribution in [2.75, 3.05) is 6.54 Å². The molecule has 1 aromatic carbocycles. The highest BCUT2D eigenvalue weighted by Gasteiger charge is 2.13. The van der Waals surface area contributed by atoms with Crippen LogP contribution in [0.25, 0.3) is 0 Å². The lowest BCUT2D eigenvalue weighted by molar-refractivity contribution is 0.585. The van der Waals surface area contributed by atoms with Crippen LogP contribution in [-0.2, 0) is 10.0 Å². The van der Waals surface area contributed by atoms with Crippen LogP contribution < -0.4 is 4.72 Å². The quantitative estimate of drug-likeness (QED) is 0.929. The number of sulfonamides is 1. The first kappa shape index (κ1) is 12.7. The number of rotatable bonds is 4. The van der Waals surface area contributed by atoms with Gasteiger partial charge in [0.1, 0.15) is 0 Å². The van der Waals surface area contributed by atoms with Crippen molar-refractivity contribution in [2.45, 2.75) is 4.90 Å². The van der Waals surface area contributed by atoms with Gasteiger partial charge in [-0.1, -0.05) is 40.2 Å². The van der Waals surface area contributed by atoms with Crippen LogP contribution in [0, 0.1) is 0 Å². The molecule has 0 aromatic heterocycles. The Kier molecular flexibility index (Phi) is 4.33. The number of hydrogen-bond donors (Lipinski definition) is 1. The molecule has 1 N–H and O–H groups in total. The average molecular weight is 311 g/mol. The van der Waals surface area contributed by atoms with E-state index < -0.39 is 10.0 Å².